The van der Waals surface area contributed by atoms with Crippen LogP contribution >= 0.6 is 12.4 Å². The first-order valence-electron chi connectivity index (χ1n) is 8.14. The molecule has 11 heteroatoms. The quantitative estimate of drug-likeness (QED) is 0.778. The minimum Gasteiger partial charge on any atom is -0.337 e. The van der Waals surface area contributed by atoms with E-state index in [0.717, 1.165) is 25.2 Å². The molecule has 2 fully saturated rings. The number of likely N-dealkylation sites (tertiary alicyclic amines) is 1. The Bertz CT molecular complexity index is 844. The van der Waals surface area contributed by atoms with Crippen LogP contribution in [0.15, 0.2) is 24.3 Å². The molecule has 1 N–H and O–H groups in total. The monoisotopic (exact) mass is 405 g/mol. The first-order valence-corrected chi connectivity index (χ1v) is 8.14. The van der Waals surface area contributed by atoms with Gasteiger partial charge in [-0.1, -0.05) is 17.3 Å². The van der Waals surface area contributed by atoms with Crippen LogP contribution in [0.4, 0.5) is 17.6 Å². The van der Waals surface area contributed by atoms with Crippen molar-refractivity contribution in [1.82, 2.24) is 25.2 Å². The van der Waals surface area contributed by atoms with E-state index in [0.29, 0.717) is 17.8 Å². The lowest BCUT2D eigenvalue weighted by Gasteiger charge is -2.17. The molecule has 1 aromatic heterocycles. The first kappa shape index (κ1) is 19.6. The Morgan fingerprint density at radius 3 is 2.37 bits per heavy atom. The smallest absolute Gasteiger partial charge is 0.337 e. The highest BCUT2D eigenvalue weighted by atomic mass is 35.5. The number of carbonyl (C=O) groups is 1. The fraction of sp³-hybridized carbons (Fsp3) is 0.438. The van der Waals surface area contributed by atoms with E-state index in [1.807, 2.05) is 0 Å². The number of nitrogens with one attached hydrogen (secondary N) is 1. The van der Waals surface area contributed by atoms with Gasteiger partial charge in [0.05, 0.1) is 0 Å². The molecule has 2 saturated heterocycles. The number of halogens is 5. The lowest BCUT2D eigenvalue weighted by molar-refractivity contribution is -0.143. The number of benzene rings is 1. The lowest BCUT2D eigenvalue weighted by Crippen LogP contribution is -2.33. The van der Waals surface area contributed by atoms with Crippen LogP contribution in [-0.4, -0.2) is 52.0 Å². The summed E-state index contributed by atoms with van der Waals surface area (Å²) in [4.78, 5) is 14.0. The summed E-state index contributed by atoms with van der Waals surface area (Å²) >= 11 is 0. The van der Waals surface area contributed by atoms with Gasteiger partial charge in [-0.3, -0.25) is 4.79 Å². The van der Waals surface area contributed by atoms with Crippen molar-refractivity contribution < 1.29 is 22.4 Å². The molecule has 2 aliphatic rings. The number of carbonyl (C=O) groups excluding carboxylic acids is 1. The van der Waals surface area contributed by atoms with Crippen LogP contribution in [0.1, 0.15) is 16.2 Å². The molecule has 3 heterocycles. The third-order valence-corrected chi connectivity index (χ3v) is 4.90. The summed E-state index contributed by atoms with van der Waals surface area (Å²) in [6.45, 7) is 2.23. The minimum absolute atomic E-state index is 0. The predicted octanol–water partition coefficient (Wildman–Crippen LogP) is 2.14. The Morgan fingerprint density at radius 2 is 1.78 bits per heavy atom. The van der Waals surface area contributed by atoms with Crippen LogP contribution in [0.3, 0.4) is 0 Å². The third kappa shape index (κ3) is 3.39. The lowest BCUT2D eigenvalue weighted by atomic mass is 10.0. The maximum absolute atomic E-state index is 14.0. The van der Waals surface area contributed by atoms with Crippen molar-refractivity contribution >= 4 is 18.3 Å². The van der Waals surface area contributed by atoms with Gasteiger partial charge in [-0.05, 0) is 24.0 Å². The fourth-order valence-electron chi connectivity index (χ4n) is 3.64. The Hall–Kier alpha value is -2.20. The van der Waals surface area contributed by atoms with Crippen molar-refractivity contribution in [3.05, 3.63) is 41.5 Å². The van der Waals surface area contributed by atoms with Gasteiger partial charge in [0.25, 0.3) is 5.91 Å². The van der Waals surface area contributed by atoms with Crippen LogP contribution in [0, 0.1) is 17.7 Å². The van der Waals surface area contributed by atoms with Gasteiger partial charge in [-0.15, -0.1) is 17.5 Å². The van der Waals surface area contributed by atoms with Crippen LogP contribution in [-0.2, 0) is 6.18 Å². The summed E-state index contributed by atoms with van der Waals surface area (Å²) in [6, 6.07) is 4.91. The molecule has 1 amide bonds. The van der Waals surface area contributed by atoms with Gasteiger partial charge in [0.2, 0.25) is 0 Å². The molecule has 2 aromatic rings. The largest absolute Gasteiger partial charge is 0.435 e. The summed E-state index contributed by atoms with van der Waals surface area (Å²) in [5.41, 5.74) is -2.56. The van der Waals surface area contributed by atoms with Crippen LogP contribution in [0.25, 0.3) is 5.69 Å². The average Bonchev–Trinajstić information content (AvgIpc) is 3.27. The van der Waals surface area contributed by atoms with Crippen molar-refractivity contribution in [2.45, 2.75) is 6.18 Å². The van der Waals surface area contributed by atoms with Crippen molar-refractivity contribution in [2.24, 2.45) is 11.8 Å². The molecule has 0 bridgehead atoms. The van der Waals surface area contributed by atoms with Gasteiger partial charge >= 0.3 is 6.18 Å². The molecule has 2 aliphatic heterocycles. The van der Waals surface area contributed by atoms with Crippen LogP contribution in [0.2, 0.25) is 0 Å². The molecular formula is C16H16ClF4N5O. The molecule has 0 aliphatic carbocycles. The van der Waals surface area contributed by atoms with E-state index >= 15 is 0 Å². The molecule has 6 nitrogen and oxygen atoms in total. The summed E-state index contributed by atoms with van der Waals surface area (Å²) in [5, 5.41) is 10.1. The maximum atomic E-state index is 14.0. The zero-order valence-corrected chi connectivity index (χ0v) is 14.7. The average molecular weight is 406 g/mol. The number of amides is 1. The fourth-order valence-corrected chi connectivity index (χ4v) is 3.64. The summed E-state index contributed by atoms with van der Waals surface area (Å²) in [6.07, 6.45) is -4.91. The first-order chi connectivity index (χ1) is 12.4. The molecule has 27 heavy (non-hydrogen) atoms. The second-order valence-corrected chi connectivity index (χ2v) is 6.54. The van der Waals surface area contributed by atoms with E-state index in [2.05, 4.69) is 15.6 Å². The Labute approximate surface area is 157 Å². The topological polar surface area (TPSA) is 63.1 Å². The van der Waals surface area contributed by atoms with E-state index in [4.69, 9.17) is 0 Å². The van der Waals surface area contributed by atoms with Crippen molar-refractivity contribution in [2.75, 3.05) is 26.2 Å². The maximum Gasteiger partial charge on any atom is 0.435 e. The van der Waals surface area contributed by atoms with Gasteiger partial charge in [-0.2, -0.15) is 13.2 Å². The molecule has 0 radical (unpaired) electrons. The number of nitrogens with zero attached hydrogens (tertiary/aromatic N) is 4. The third-order valence-electron chi connectivity index (χ3n) is 4.90. The molecule has 1 aromatic carbocycles. The Morgan fingerprint density at radius 1 is 1.15 bits per heavy atom. The van der Waals surface area contributed by atoms with Crippen molar-refractivity contribution in [3.8, 4) is 5.69 Å². The molecule has 4 rings (SSSR count). The highest BCUT2D eigenvalue weighted by Gasteiger charge is 2.45. The van der Waals surface area contributed by atoms with Crippen LogP contribution in [0.5, 0.6) is 0 Å². The summed E-state index contributed by atoms with van der Waals surface area (Å²) in [5.74, 6) is -1.25. The van der Waals surface area contributed by atoms with E-state index in [-0.39, 0.29) is 24.2 Å². The molecule has 2 atom stereocenters. The second kappa shape index (κ2) is 7.08. The number of rotatable bonds is 2. The molecule has 0 unspecified atom stereocenters. The predicted molar refractivity (Wildman–Crippen MR) is 89.3 cm³/mol. The summed E-state index contributed by atoms with van der Waals surface area (Å²) in [7, 11) is 0. The van der Waals surface area contributed by atoms with Gasteiger partial charge in [0.15, 0.2) is 11.4 Å². The van der Waals surface area contributed by atoms with Crippen molar-refractivity contribution in [1.29, 1.82) is 0 Å². The number of aromatic nitrogens is 3. The number of fused-ring (bicyclic) bond motifs is 1. The highest BCUT2D eigenvalue weighted by molar-refractivity contribution is 5.94. The summed E-state index contributed by atoms with van der Waals surface area (Å²) < 4.78 is 55.2. The number of hydrogen-bond acceptors (Lipinski definition) is 4. The van der Waals surface area contributed by atoms with Gasteiger partial charge in [0, 0.05) is 26.2 Å². The molecular weight excluding hydrogens is 390 g/mol. The number of para-hydroxylation sites is 1. The van der Waals surface area contributed by atoms with E-state index in [1.165, 1.54) is 17.0 Å². The molecule has 0 saturated carbocycles. The zero-order valence-electron chi connectivity index (χ0n) is 13.9. The Kier molecular flexibility index (Phi) is 5.13. The van der Waals surface area contributed by atoms with E-state index in [1.54, 1.807) is 0 Å². The number of hydrogen-bond donors (Lipinski definition) is 1. The normalized spacial score (nSPS) is 21.9. The van der Waals surface area contributed by atoms with E-state index < -0.39 is 35.0 Å². The van der Waals surface area contributed by atoms with Crippen molar-refractivity contribution in [3.63, 3.8) is 0 Å². The second-order valence-electron chi connectivity index (χ2n) is 6.54. The molecule has 0 spiro atoms. The van der Waals surface area contributed by atoms with Gasteiger partial charge < -0.3 is 10.2 Å². The zero-order chi connectivity index (χ0) is 18.5. The Balaban J connectivity index is 0.00000210. The van der Waals surface area contributed by atoms with Crippen LogP contribution < -0.4 is 5.32 Å². The van der Waals surface area contributed by atoms with Gasteiger partial charge in [0.1, 0.15) is 11.5 Å². The standard InChI is InChI=1S/C16H15F4N5O.ClH/c17-11-3-1-2-4-12(11)25-14(16(18,19)20)13(22-23-25)15(26)24-7-9-5-21-6-10(9)8-24;/h1-4,9-10,21H,5-8H2;1H/t9-,10+;. The highest BCUT2D eigenvalue weighted by Crippen LogP contribution is 2.35. The minimum atomic E-state index is -4.91. The number of alkyl halides is 3. The van der Waals surface area contributed by atoms with E-state index in [9.17, 15) is 22.4 Å². The van der Waals surface area contributed by atoms with Gasteiger partial charge in [-0.25, -0.2) is 9.07 Å². The molecule has 146 valence electrons. The SMILES string of the molecule is Cl.O=C(c1nnn(-c2ccccc2F)c1C(F)(F)F)N1C[C@H]2CNC[C@H]2C1.